The third-order valence-electron chi connectivity index (χ3n) is 5.44. The zero-order valence-electron chi connectivity index (χ0n) is 18.8. The van der Waals surface area contributed by atoms with Gasteiger partial charge in [-0.05, 0) is 35.5 Å². The van der Waals surface area contributed by atoms with Crippen molar-refractivity contribution >= 4 is 14.3 Å². The van der Waals surface area contributed by atoms with Gasteiger partial charge in [-0.1, -0.05) is 55.4 Å². The first-order chi connectivity index (χ1) is 12.3. The van der Waals surface area contributed by atoms with E-state index in [1.165, 1.54) is 0 Å². The van der Waals surface area contributed by atoms with Gasteiger partial charge in [-0.25, -0.2) is 0 Å². The maximum Gasteiger partial charge on any atom is 0.148 e. The first kappa shape index (κ1) is 26.3. The molecular formula is C20H42O6P2. The largest absolute Gasteiger partial charge is 0.382 e. The Morgan fingerprint density at radius 3 is 1.04 bits per heavy atom. The lowest BCUT2D eigenvalue weighted by atomic mass is 9.86. The summed E-state index contributed by atoms with van der Waals surface area (Å²) >= 11 is 0. The van der Waals surface area contributed by atoms with Crippen molar-refractivity contribution in [3.8, 4) is 0 Å². The highest BCUT2D eigenvalue weighted by molar-refractivity contribution is 7.73. The quantitative estimate of drug-likeness (QED) is 0.462. The van der Waals surface area contributed by atoms with Gasteiger partial charge < -0.3 is 29.6 Å². The monoisotopic (exact) mass is 440 g/mol. The van der Waals surface area contributed by atoms with E-state index in [1.54, 1.807) is 0 Å². The molecule has 0 aromatic carbocycles. The Kier molecular flexibility index (Phi) is 8.29. The van der Waals surface area contributed by atoms with Gasteiger partial charge in [0.15, 0.2) is 0 Å². The van der Waals surface area contributed by atoms with Crippen molar-refractivity contribution in [1.82, 2.24) is 0 Å². The van der Waals surface area contributed by atoms with E-state index >= 15 is 0 Å². The smallest absolute Gasteiger partial charge is 0.148 e. The lowest BCUT2D eigenvalue weighted by Gasteiger charge is -2.45. The molecule has 1 aliphatic rings. The molecule has 8 heteroatoms. The summed E-state index contributed by atoms with van der Waals surface area (Å²) in [6.07, 6.45) is 1.42. The highest BCUT2D eigenvalue weighted by Gasteiger charge is 2.61. The molecule has 1 aliphatic heterocycles. The maximum atomic E-state index is 13.5. The molecule has 0 bridgehead atoms. The third-order valence-corrected chi connectivity index (χ3v) is 13.0. The number of hydrogen-bond acceptors (Lipinski definition) is 6. The molecule has 0 aromatic heterocycles. The van der Waals surface area contributed by atoms with Crippen LogP contribution in [0.1, 0.15) is 68.2 Å². The topological polar surface area (TPSA) is 115 Å². The molecule has 0 saturated carbocycles. The fraction of sp³-hybridized carbons (Fsp3) is 1.00. The Balaban J connectivity index is 3.09. The summed E-state index contributed by atoms with van der Waals surface area (Å²) in [6, 6.07) is 0. The molecule has 4 N–H and O–H groups in total. The molecule has 1 rings (SSSR count). The summed E-state index contributed by atoms with van der Waals surface area (Å²) < 4.78 is 26.9. The molecule has 1 heterocycles. The second kappa shape index (κ2) is 8.81. The number of aliphatic hydroxyl groups excluding tert-OH is 4. The molecule has 168 valence electrons. The Labute approximate surface area is 170 Å². The molecule has 28 heavy (non-hydrogen) atoms. The van der Waals surface area contributed by atoms with Crippen LogP contribution in [0.2, 0.25) is 0 Å². The predicted octanol–water partition coefficient (Wildman–Crippen LogP) is 4.14. The molecule has 6 nitrogen and oxygen atoms in total. The Morgan fingerprint density at radius 1 is 0.643 bits per heavy atom. The van der Waals surface area contributed by atoms with E-state index in [2.05, 4.69) is 0 Å². The molecule has 1 saturated heterocycles. The molecule has 1 fully saturated rings. The summed E-state index contributed by atoms with van der Waals surface area (Å²) in [5.41, 5.74) is -0.0572. The van der Waals surface area contributed by atoms with E-state index in [0.29, 0.717) is 12.8 Å². The predicted molar refractivity (Wildman–Crippen MR) is 115 cm³/mol. The van der Waals surface area contributed by atoms with Crippen LogP contribution in [0.4, 0.5) is 0 Å². The van der Waals surface area contributed by atoms with Crippen LogP contribution in [0.25, 0.3) is 0 Å². The van der Waals surface area contributed by atoms with E-state index in [0.717, 1.165) is 0 Å². The van der Waals surface area contributed by atoms with Gasteiger partial charge in [0.25, 0.3) is 0 Å². The molecule has 0 spiro atoms. The van der Waals surface area contributed by atoms with Gasteiger partial charge in [0.2, 0.25) is 0 Å². The minimum atomic E-state index is -3.78. The lowest BCUT2D eigenvalue weighted by molar-refractivity contribution is 0.0610. The minimum absolute atomic E-state index is 0.00172. The summed E-state index contributed by atoms with van der Waals surface area (Å²) in [7, 11) is -7.55. The number of aliphatic hydroxyl groups is 4. The molecule has 0 aromatic rings. The van der Waals surface area contributed by atoms with Gasteiger partial charge >= 0.3 is 0 Å². The molecule has 0 radical (unpaired) electrons. The highest BCUT2D eigenvalue weighted by Crippen LogP contribution is 2.73. The first-order valence-corrected chi connectivity index (χ1v) is 14.3. The molecule has 0 aliphatic carbocycles. The van der Waals surface area contributed by atoms with Crippen molar-refractivity contribution in [3.63, 3.8) is 0 Å². The van der Waals surface area contributed by atoms with Crippen LogP contribution in [0.3, 0.4) is 0 Å². The van der Waals surface area contributed by atoms with Crippen molar-refractivity contribution in [2.75, 3.05) is 12.3 Å². The number of rotatable bonds is 6. The number of hydrogen-bond donors (Lipinski definition) is 4. The molecule has 0 amide bonds. The first-order valence-electron chi connectivity index (χ1n) is 10.2. The Morgan fingerprint density at radius 2 is 0.857 bits per heavy atom. The third kappa shape index (κ3) is 6.15. The fourth-order valence-corrected chi connectivity index (χ4v) is 13.1. The van der Waals surface area contributed by atoms with Crippen LogP contribution in [0.5, 0.6) is 0 Å². The summed E-state index contributed by atoms with van der Waals surface area (Å²) in [5.74, 6) is -7.29. The standard InChI is InChI=1S/C20H42O6P2/c1-13(9-19(3,4)5)11-27(25)15(21)17(23)28(26,18(24)16(27)22)12-14(2)10-20(6,7)8/h13-18,21-24H,9-12H2,1-8H3. The van der Waals surface area contributed by atoms with Crippen molar-refractivity contribution in [2.24, 2.45) is 22.7 Å². The van der Waals surface area contributed by atoms with Gasteiger partial charge in [0, 0.05) is 12.3 Å². The van der Waals surface area contributed by atoms with Crippen molar-refractivity contribution in [2.45, 2.75) is 91.6 Å². The van der Waals surface area contributed by atoms with Crippen LogP contribution >= 0.6 is 14.3 Å². The summed E-state index contributed by atoms with van der Waals surface area (Å²) in [6.45, 7) is 16.0. The summed E-state index contributed by atoms with van der Waals surface area (Å²) in [4.78, 5) is 0. The minimum Gasteiger partial charge on any atom is -0.382 e. The zero-order chi connectivity index (χ0) is 22.3. The second-order valence-electron chi connectivity index (χ2n) is 11.5. The average molecular weight is 440 g/mol. The normalized spacial score (nSPS) is 39.6. The van der Waals surface area contributed by atoms with E-state index in [4.69, 9.17) is 0 Å². The Bertz CT molecular complexity index is 543. The molecule has 6 unspecified atom stereocenters. The van der Waals surface area contributed by atoms with Crippen LogP contribution in [0.15, 0.2) is 0 Å². The van der Waals surface area contributed by atoms with Crippen LogP contribution < -0.4 is 0 Å². The summed E-state index contributed by atoms with van der Waals surface area (Å²) in [5, 5.41) is 42.6. The average Bonchev–Trinajstić information content (AvgIpc) is 2.46. The lowest BCUT2D eigenvalue weighted by Crippen LogP contribution is -2.46. The van der Waals surface area contributed by atoms with Gasteiger partial charge in [0.1, 0.15) is 37.7 Å². The SMILES string of the molecule is CC(CC(C)(C)C)CP1(=O)C(O)C(O)P(=O)(CC(C)CC(C)(C)C)C(O)C1O. The Hall–Kier alpha value is 0.300. The van der Waals surface area contributed by atoms with Gasteiger partial charge in [0.05, 0.1) is 0 Å². The maximum absolute atomic E-state index is 13.5. The van der Waals surface area contributed by atoms with Crippen molar-refractivity contribution in [3.05, 3.63) is 0 Å². The van der Waals surface area contributed by atoms with Crippen molar-refractivity contribution < 1.29 is 29.6 Å². The van der Waals surface area contributed by atoms with Crippen molar-refractivity contribution in [1.29, 1.82) is 0 Å². The van der Waals surface area contributed by atoms with E-state index in [9.17, 15) is 29.6 Å². The zero-order valence-corrected chi connectivity index (χ0v) is 20.6. The van der Waals surface area contributed by atoms with E-state index in [1.807, 2.05) is 55.4 Å². The van der Waals surface area contributed by atoms with Crippen LogP contribution in [0, 0.1) is 22.7 Å². The van der Waals surface area contributed by atoms with E-state index in [-0.39, 0.29) is 35.0 Å². The fourth-order valence-electron chi connectivity index (χ4n) is 4.84. The molecule has 6 atom stereocenters. The van der Waals surface area contributed by atoms with Gasteiger partial charge in [-0.3, -0.25) is 0 Å². The van der Waals surface area contributed by atoms with E-state index < -0.39 is 37.7 Å². The molecular weight excluding hydrogens is 398 g/mol. The van der Waals surface area contributed by atoms with Gasteiger partial charge in [-0.2, -0.15) is 0 Å². The highest BCUT2D eigenvalue weighted by atomic mass is 31.2. The van der Waals surface area contributed by atoms with Gasteiger partial charge in [-0.15, -0.1) is 0 Å². The second-order valence-corrected chi connectivity index (χ2v) is 17.7. The van der Waals surface area contributed by atoms with Crippen LogP contribution in [-0.4, -0.2) is 56.1 Å². The van der Waals surface area contributed by atoms with Crippen LogP contribution in [-0.2, 0) is 9.13 Å².